The van der Waals surface area contributed by atoms with E-state index in [1.165, 1.54) is 13.2 Å². The molecule has 2 aliphatic heterocycles. The zero-order chi connectivity index (χ0) is 26.4. The Morgan fingerprint density at radius 3 is 2.63 bits per heavy atom. The van der Waals surface area contributed by atoms with Crippen molar-refractivity contribution in [2.24, 2.45) is 0 Å². The van der Waals surface area contributed by atoms with Crippen LogP contribution in [0.4, 0.5) is 10.1 Å². The van der Waals surface area contributed by atoms with Crippen LogP contribution in [0.15, 0.2) is 43.0 Å². The van der Waals surface area contributed by atoms with Crippen LogP contribution in [0.3, 0.4) is 0 Å². The molecule has 2 aliphatic rings. The molecule has 0 bridgehead atoms. The maximum atomic E-state index is 14.2. The van der Waals surface area contributed by atoms with E-state index in [2.05, 4.69) is 19.9 Å². The molecular formula is C26H30FN7O. The number of fused-ring (bicyclic) bond motifs is 2. The van der Waals surface area contributed by atoms with E-state index in [1.807, 2.05) is 18.5 Å². The van der Waals surface area contributed by atoms with Crippen LogP contribution >= 0.6 is 0 Å². The number of hydrogen-bond acceptors (Lipinski definition) is 7. The van der Waals surface area contributed by atoms with Crippen molar-refractivity contribution in [1.29, 1.82) is 0 Å². The van der Waals surface area contributed by atoms with Crippen molar-refractivity contribution in [3.05, 3.63) is 48.8 Å². The number of halogens is 1. The van der Waals surface area contributed by atoms with Gasteiger partial charge in [-0.1, -0.05) is 0 Å². The number of benzene rings is 1. The van der Waals surface area contributed by atoms with Crippen LogP contribution in [0, 0.1) is 5.82 Å². The van der Waals surface area contributed by atoms with Crippen LogP contribution in [0.5, 0.6) is 5.75 Å². The third kappa shape index (κ3) is 4.08. The largest absolute Gasteiger partial charge is 0.494 e. The van der Waals surface area contributed by atoms with Gasteiger partial charge in [0.1, 0.15) is 0 Å². The van der Waals surface area contributed by atoms with Crippen LogP contribution in [0.1, 0.15) is 17.0 Å². The van der Waals surface area contributed by atoms with E-state index in [-0.39, 0.29) is 5.75 Å². The number of likely N-dealkylation sites (N-methyl/N-ethyl adjacent to an activating group) is 1. The number of pyridine rings is 1. The predicted molar refractivity (Wildman–Crippen MR) is 135 cm³/mol. The summed E-state index contributed by atoms with van der Waals surface area (Å²) >= 11 is 0. The van der Waals surface area contributed by atoms with Gasteiger partial charge in [0.25, 0.3) is 0 Å². The number of piperazine rings is 1. The lowest BCUT2D eigenvalue weighted by Crippen LogP contribution is -2.52. The fourth-order valence-corrected chi connectivity index (χ4v) is 5.33. The van der Waals surface area contributed by atoms with E-state index in [0.717, 1.165) is 61.2 Å². The lowest BCUT2D eigenvalue weighted by molar-refractivity contribution is 0.0982. The standard InChI is InChI=1S/C26H30FN7O/c1-31-9-11-33(12-10-31)18-4-7-32(8-5-18)19-15-29-26-22(16-30-34(26)17-19)20-3-6-28-24-14-23(27)25(35-2)13-21(20)24/h3,6,13-18H,4-5,7-12H2,1-2H3/i1D3. The van der Waals surface area contributed by atoms with Gasteiger partial charge in [-0.05, 0) is 37.5 Å². The van der Waals surface area contributed by atoms with Gasteiger partial charge in [0.2, 0.25) is 0 Å². The molecule has 0 amide bonds. The summed E-state index contributed by atoms with van der Waals surface area (Å²) in [7, 11) is 1.45. The van der Waals surface area contributed by atoms with E-state index < -0.39 is 12.8 Å². The third-order valence-corrected chi connectivity index (χ3v) is 7.31. The molecule has 8 nitrogen and oxygen atoms in total. The highest BCUT2D eigenvalue weighted by Gasteiger charge is 2.27. The monoisotopic (exact) mass is 478 g/mol. The fraction of sp³-hybridized carbons (Fsp3) is 0.423. The molecule has 182 valence electrons. The quantitative estimate of drug-likeness (QED) is 0.446. The number of anilines is 1. The molecule has 0 unspecified atom stereocenters. The summed E-state index contributed by atoms with van der Waals surface area (Å²) in [5.74, 6) is -0.282. The number of aromatic nitrogens is 4. The molecule has 0 saturated carbocycles. The van der Waals surface area contributed by atoms with Crippen LogP contribution in [-0.2, 0) is 0 Å². The second-order valence-electron chi connectivity index (χ2n) is 9.24. The van der Waals surface area contributed by atoms with Crippen LogP contribution in [-0.4, -0.2) is 88.8 Å². The summed E-state index contributed by atoms with van der Waals surface area (Å²) < 4.78 is 44.1. The lowest BCUT2D eigenvalue weighted by atomic mass is 10.0. The third-order valence-electron chi connectivity index (χ3n) is 7.31. The van der Waals surface area contributed by atoms with E-state index in [0.29, 0.717) is 30.3 Å². The Balaban J connectivity index is 1.18. The highest BCUT2D eigenvalue weighted by atomic mass is 19.1. The second kappa shape index (κ2) is 9.05. The van der Waals surface area contributed by atoms with Crippen molar-refractivity contribution in [3.8, 4) is 16.9 Å². The Kier molecular flexibility index (Phi) is 4.90. The average Bonchev–Trinajstić information content (AvgIpc) is 3.35. The maximum Gasteiger partial charge on any atom is 0.167 e. The molecule has 3 aromatic heterocycles. The van der Waals surface area contributed by atoms with Crippen molar-refractivity contribution in [3.63, 3.8) is 0 Å². The van der Waals surface area contributed by atoms with E-state index >= 15 is 0 Å². The van der Waals surface area contributed by atoms with Gasteiger partial charge < -0.3 is 14.5 Å². The summed E-state index contributed by atoms with van der Waals surface area (Å²) in [6, 6.07) is 5.40. The number of piperidine rings is 1. The molecular weight excluding hydrogens is 445 g/mol. The minimum absolute atomic E-state index is 0.168. The topological polar surface area (TPSA) is 62.0 Å². The Morgan fingerprint density at radius 1 is 1.03 bits per heavy atom. The smallest absolute Gasteiger partial charge is 0.167 e. The molecule has 0 N–H and O–H groups in total. The number of ether oxygens (including phenoxy) is 1. The van der Waals surface area contributed by atoms with Gasteiger partial charge in [-0.15, -0.1) is 0 Å². The summed E-state index contributed by atoms with van der Waals surface area (Å²) in [6.07, 6.45) is 9.38. The van der Waals surface area contributed by atoms with Crippen molar-refractivity contribution >= 4 is 22.2 Å². The van der Waals surface area contributed by atoms with Crippen LogP contribution in [0.2, 0.25) is 0 Å². The number of methoxy groups -OCH3 is 1. The van der Waals surface area contributed by atoms with Gasteiger partial charge in [-0.3, -0.25) is 9.88 Å². The Labute approximate surface area is 208 Å². The zero-order valence-corrected chi connectivity index (χ0v) is 19.7. The number of nitrogens with zero attached hydrogens (tertiary/aromatic N) is 7. The van der Waals surface area contributed by atoms with Gasteiger partial charge in [-0.25, -0.2) is 13.9 Å². The van der Waals surface area contributed by atoms with Crippen molar-refractivity contribution in [1.82, 2.24) is 29.4 Å². The van der Waals surface area contributed by atoms with Gasteiger partial charge >= 0.3 is 0 Å². The molecule has 0 spiro atoms. The summed E-state index contributed by atoms with van der Waals surface area (Å²) in [6.45, 7) is 2.60. The first kappa shape index (κ1) is 19.0. The predicted octanol–water partition coefficient (Wildman–Crippen LogP) is 3.31. The van der Waals surface area contributed by atoms with Gasteiger partial charge in [0, 0.05) is 72.6 Å². The number of rotatable bonds is 4. The lowest BCUT2D eigenvalue weighted by Gasteiger charge is -2.42. The SMILES string of the molecule is [2H]C([2H])([2H])N1CCN(C2CCN(c3cnc4c(-c5ccnc6cc(F)c(OC)cc56)cnn4c3)CC2)CC1. The first-order valence-corrected chi connectivity index (χ1v) is 12.0. The molecule has 0 aliphatic carbocycles. The molecule has 6 rings (SSSR count). The minimum Gasteiger partial charge on any atom is -0.494 e. The van der Waals surface area contributed by atoms with Crippen LogP contribution in [0.25, 0.3) is 27.7 Å². The molecule has 2 saturated heterocycles. The molecule has 1 aromatic carbocycles. The van der Waals surface area contributed by atoms with E-state index in [9.17, 15) is 4.39 Å². The maximum absolute atomic E-state index is 14.2. The van der Waals surface area contributed by atoms with E-state index in [1.54, 1.807) is 27.9 Å². The molecule has 9 heteroatoms. The summed E-state index contributed by atoms with van der Waals surface area (Å²) in [5.41, 5.74) is 3.97. The summed E-state index contributed by atoms with van der Waals surface area (Å²) in [5, 5.41) is 5.35. The molecule has 0 radical (unpaired) electrons. The highest BCUT2D eigenvalue weighted by molar-refractivity contribution is 5.98. The Bertz CT molecular complexity index is 1460. The highest BCUT2D eigenvalue weighted by Crippen LogP contribution is 2.34. The first-order valence-electron chi connectivity index (χ1n) is 13.5. The average molecular weight is 479 g/mol. The molecule has 35 heavy (non-hydrogen) atoms. The second-order valence-corrected chi connectivity index (χ2v) is 9.24. The molecule has 2 fully saturated rings. The normalized spacial score (nSPS) is 20.2. The van der Waals surface area contributed by atoms with Gasteiger partial charge in [0.05, 0.1) is 36.9 Å². The summed E-state index contributed by atoms with van der Waals surface area (Å²) in [4.78, 5) is 15.5. The van der Waals surface area contributed by atoms with Gasteiger partial charge in [0.15, 0.2) is 17.2 Å². The fourth-order valence-electron chi connectivity index (χ4n) is 5.33. The van der Waals surface area contributed by atoms with Gasteiger partial charge in [-0.2, -0.15) is 5.10 Å². The Morgan fingerprint density at radius 2 is 1.86 bits per heavy atom. The van der Waals surface area contributed by atoms with Crippen molar-refractivity contribution in [2.75, 3.05) is 58.3 Å². The van der Waals surface area contributed by atoms with Crippen molar-refractivity contribution < 1.29 is 13.2 Å². The van der Waals surface area contributed by atoms with Crippen LogP contribution < -0.4 is 9.64 Å². The molecule has 5 heterocycles. The van der Waals surface area contributed by atoms with E-state index in [4.69, 9.17) is 13.8 Å². The first-order chi connectivity index (χ1) is 18.3. The minimum atomic E-state index is -2.00. The van der Waals surface area contributed by atoms with Crippen molar-refractivity contribution in [2.45, 2.75) is 18.9 Å². The Hall–Kier alpha value is -3.30. The number of hydrogen-bond donors (Lipinski definition) is 0. The molecule has 4 aromatic rings. The molecule has 0 atom stereocenters. The zero-order valence-electron chi connectivity index (χ0n) is 22.7.